The molecule has 1 N–H and O–H groups in total. The number of methoxy groups -OCH3 is 1. The number of ether oxygens (including phenoxy) is 1. The molecule has 3 rings (SSSR count). The van der Waals surface area contributed by atoms with Crippen molar-refractivity contribution in [1.82, 2.24) is 4.90 Å². The van der Waals surface area contributed by atoms with Crippen molar-refractivity contribution in [3.05, 3.63) is 48.5 Å². The summed E-state index contributed by atoms with van der Waals surface area (Å²) in [5, 5.41) is 2.97. The van der Waals surface area contributed by atoms with E-state index in [1.165, 1.54) is 0 Å². The maximum atomic E-state index is 12.6. The van der Waals surface area contributed by atoms with Gasteiger partial charge in [-0.2, -0.15) is 0 Å². The molecule has 1 aliphatic rings. The topological polar surface area (TPSA) is 58.6 Å². The molecule has 2 aromatic rings. The second-order valence-electron chi connectivity index (χ2n) is 6.40. The normalized spacial score (nSPS) is 19.6. The quantitative estimate of drug-likeness (QED) is 0.889. The number of para-hydroxylation sites is 1. The number of urea groups is 1. The van der Waals surface area contributed by atoms with Gasteiger partial charge in [0, 0.05) is 46.6 Å². The van der Waals surface area contributed by atoms with Crippen LogP contribution in [-0.2, 0) is 10.8 Å². The lowest BCUT2D eigenvalue weighted by molar-refractivity contribution is 0.199. The zero-order valence-corrected chi connectivity index (χ0v) is 15.9. The Hall–Kier alpha value is -2.34. The van der Waals surface area contributed by atoms with Crippen LogP contribution in [0, 0.1) is 0 Å². The van der Waals surface area contributed by atoms with Gasteiger partial charge >= 0.3 is 6.03 Å². The predicted molar refractivity (Wildman–Crippen MR) is 106 cm³/mol. The molecule has 0 aromatic heterocycles. The van der Waals surface area contributed by atoms with E-state index in [9.17, 15) is 9.00 Å². The second kappa shape index (κ2) is 8.36. The molecular weight excluding hydrogens is 348 g/mol. The smallest absolute Gasteiger partial charge is 0.321 e. The van der Waals surface area contributed by atoms with Crippen molar-refractivity contribution in [3.63, 3.8) is 0 Å². The minimum atomic E-state index is -0.726. The van der Waals surface area contributed by atoms with Gasteiger partial charge in [-0.3, -0.25) is 4.21 Å². The van der Waals surface area contributed by atoms with E-state index in [-0.39, 0.29) is 12.1 Å². The van der Waals surface area contributed by atoms with Crippen LogP contribution < -0.4 is 10.1 Å². The van der Waals surface area contributed by atoms with Crippen molar-refractivity contribution in [3.8, 4) is 16.9 Å². The SMILES string of the molecule is COc1ccccc1-c1cccc(NC(=O)N(C)C2CCS(=O)CC2)c1. The first-order valence-electron chi connectivity index (χ1n) is 8.70. The molecule has 0 saturated carbocycles. The van der Waals surface area contributed by atoms with E-state index in [2.05, 4.69) is 5.32 Å². The average molecular weight is 372 g/mol. The van der Waals surface area contributed by atoms with Crippen molar-refractivity contribution < 1.29 is 13.7 Å². The van der Waals surface area contributed by atoms with Crippen LogP contribution in [0.25, 0.3) is 11.1 Å². The Morgan fingerprint density at radius 2 is 1.88 bits per heavy atom. The van der Waals surface area contributed by atoms with E-state index in [0.717, 1.165) is 35.4 Å². The van der Waals surface area contributed by atoms with Crippen LogP contribution in [-0.4, -0.2) is 46.8 Å². The number of hydrogen-bond donors (Lipinski definition) is 1. The van der Waals surface area contributed by atoms with Gasteiger partial charge in [-0.05, 0) is 36.6 Å². The third kappa shape index (κ3) is 4.25. The molecule has 2 amide bonds. The largest absolute Gasteiger partial charge is 0.496 e. The van der Waals surface area contributed by atoms with E-state index in [1.54, 1.807) is 19.1 Å². The molecule has 0 bridgehead atoms. The van der Waals surface area contributed by atoms with E-state index in [0.29, 0.717) is 11.5 Å². The van der Waals surface area contributed by atoms with Crippen LogP contribution in [0.4, 0.5) is 10.5 Å². The molecule has 138 valence electrons. The molecule has 1 aliphatic heterocycles. The van der Waals surface area contributed by atoms with Crippen LogP contribution >= 0.6 is 0 Å². The first kappa shape index (κ1) is 18.5. The Bertz CT molecular complexity index is 799. The Kier molecular flexibility index (Phi) is 5.93. The molecule has 1 heterocycles. The fraction of sp³-hybridized carbons (Fsp3) is 0.350. The van der Waals surface area contributed by atoms with Gasteiger partial charge in [-0.1, -0.05) is 30.3 Å². The third-order valence-electron chi connectivity index (χ3n) is 4.76. The molecule has 1 saturated heterocycles. The fourth-order valence-electron chi connectivity index (χ4n) is 3.19. The van der Waals surface area contributed by atoms with Gasteiger partial charge in [0.1, 0.15) is 5.75 Å². The molecule has 0 radical (unpaired) electrons. The summed E-state index contributed by atoms with van der Waals surface area (Å²) in [6.07, 6.45) is 1.58. The number of carbonyl (C=O) groups is 1. The maximum Gasteiger partial charge on any atom is 0.321 e. The molecule has 5 nitrogen and oxygen atoms in total. The maximum absolute atomic E-state index is 12.6. The summed E-state index contributed by atoms with van der Waals surface area (Å²) in [5.74, 6) is 2.14. The Labute approximate surface area is 156 Å². The summed E-state index contributed by atoms with van der Waals surface area (Å²) in [7, 11) is 2.73. The zero-order chi connectivity index (χ0) is 18.5. The molecule has 1 fully saturated rings. The van der Waals surface area contributed by atoms with Crippen molar-refractivity contribution in [1.29, 1.82) is 0 Å². The van der Waals surface area contributed by atoms with Crippen molar-refractivity contribution in [2.75, 3.05) is 31.0 Å². The van der Waals surface area contributed by atoms with Gasteiger partial charge in [-0.25, -0.2) is 4.79 Å². The summed E-state index contributed by atoms with van der Waals surface area (Å²) in [6.45, 7) is 0. The summed E-state index contributed by atoms with van der Waals surface area (Å²) < 4.78 is 16.9. The molecule has 26 heavy (non-hydrogen) atoms. The predicted octanol–water partition coefficient (Wildman–Crippen LogP) is 3.74. The summed E-state index contributed by atoms with van der Waals surface area (Å²) in [6, 6.07) is 15.5. The molecule has 0 atom stereocenters. The minimum absolute atomic E-state index is 0.139. The van der Waals surface area contributed by atoms with Gasteiger partial charge in [0.2, 0.25) is 0 Å². The molecule has 0 unspecified atom stereocenters. The van der Waals surface area contributed by atoms with Gasteiger partial charge in [0.25, 0.3) is 0 Å². The van der Waals surface area contributed by atoms with Crippen molar-refractivity contribution in [2.24, 2.45) is 0 Å². The monoisotopic (exact) mass is 372 g/mol. The van der Waals surface area contributed by atoms with E-state index >= 15 is 0 Å². The van der Waals surface area contributed by atoms with Crippen LogP contribution in [0.2, 0.25) is 0 Å². The summed E-state index contributed by atoms with van der Waals surface area (Å²) in [5.41, 5.74) is 2.70. The standard InChI is InChI=1S/C20H24N2O3S/c1-22(17-10-12-26(24)13-11-17)20(23)21-16-7-5-6-15(14-16)18-8-3-4-9-19(18)25-2/h3-9,14,17H,10-13H2,1-2H3,(H,21,23). The fourth-order valence-corrected chi connectivity index (χ4v) is 4.47. The second-order valence-corrected chi connectivity index (χ2v) is 8.10. The number of hydrogen-bond acceptors (Lipinski definition) is 3. The van der Waals surface area contributed by atoms with Gasteiger partial charge in [0.15, 0.2) is 0 Å². The van der Waals surface area contributed by atoms with Crippen LogP contribution in [0.5, 0.6) is 5.75 Å². The number of anilines is 1. The number of carbonyl (C=O) groups excluding carboxylic acids is 1. The first-order valence-corrected chi connectivity index (χ1v) is 10.2. The third-order valence-corrected chi connectivity index (χ3v) is 6.14. The highest BCUT2D eigenvalue weighted by atomic mass is 32.2. The van der Waals surface area contributed by atoms with Gasteiger partial charge in [-0.15, -0.1) is 0 Å². The lowest BCUT2D eigenvalue weighted by Crippen LogP contribution is -2.43. The number of amides is 2. The Balaban J connectivity index is 1.72. The number of nitrogens with zero attached hydrogens (tertiary/aromatic N) is 1. The lowest BCUT2D eigenvalue weighted by Gasteiger charge is -2.31. The molecule has 2 aromatic carbocycles. The van der Waals surface area contributed by atoms with Crippen LogP contribution in [0.3, 0.4) is 0 Å². The highest BCUT2D eigenvalue weighted by Gasteiger charge is 2.24. The Morgan fingerprint density at radius 3 is 2.62 bits per heavy atom. The summed E-state index contributed by atoms with van der Waals surface area (Å²) in [4.78, 5) is 14.3. The van der Waals surface area contributed by atoms with E-state index in [1.807, 2.05) is 48.5 Å². The van der Waals surface area contributed by atoms with Gasteiger partial charge in [0.05, 0.1) is 7.11 Å². The van der Waals surface area contributed by atoms with Crippen LogP contribution in [0.15, 0.2) is 48.5 Å². The van der Waals surface area contributed by atoms with Crippen LogP contribution in [0.1, 0.15) is 12.8 Å². The van der Waals surface area contributed by atoms with E-state index in [4.69, 9.17) is 4.74 Å². The molecule has 6 heteroatoms. The molecular formula is C20H24N2O3S. The number of nitrogens with one attached hydrogen (secondary N) is 1. The number of rotatable bonds is 4. The van der Waals surface area contributed by atoms with Crippen molar-refractivity contribution >= 4 is 22.5 Å². The number of benzene rings is 2. The Morgan fingerprint density at radius 1 is 1.15 bits per heavy atom. The summed E-state index contributed by atoms with van der Waals surface area (Å²) >= 11 is 0. The molecule has 0 spiro atoms. The molecule has 0 aliphatic carbocycles. The van der Waals surface area contributed by atoms with Crippen molar-refractivity contribution in [2.45, 2.75) is 18.9 Å². The highest BCUT2D eigenvalue weighted by Crippen LogP contribution is 2.31. The highest BCUT2D eigenvalue weighted by molar-refractivity contribution is 7.85. The average Bonchev–Trinajstić information content (AvgIpc) is 2.68. The zero-order valence-electron chi connectivity index (χ0n) is 15.1. The first-order chi connectivity index (χ1) is 12.6. The minimum Gasteiger partial charge on any atom is -0.496 e. The van der Waals surface area contributed by atoms with E-state index < -0.39 is 10.8 Å². The van der Waals surface area contributed by atoms with Gasteiger partial charge < -0.3 is 15.0 Å². The lowest BCUT2D eigenvalue weighted by atomic mass is 10.0.